The van der Waals surface area contributed by atoms with Gasteiger partial charge in [-0.2, -0.15) is 0 Å². The Morgan fingerprint density at radius 3 is 2.68 bits per heavy atom. The number of halogens is 1. The number of aliphatic carboxylic acids is 1. The van der Waals surface area contributed by atoms with Crippen molar-refractivity contribution in [2.45, 2.75) is 13.0 Å². The molecule has 0 radical (unpaired) electrons. The van der Waals surface area contributed by atoms with Crippen molar-refractivity contribution >= 4 is 16.9 Å². The average molecular weight is 265 g/mol. The molecule has 0 aliphatic heterocycles. The Bertz CT molecular complexity index is 693. The van der Waals surface area contributed by atoms with Crippen molar-refractivity contribution in [2.75, 3.05) is 6.61 Å². The van der Waals surface area contributed by atoms with Gasteiger partial charge in [0.1, 0.15) is 5.82 Å². The first kappa shape index (κ1) is 13.2. The number of benzene rings is 1. The lowest BCUT2D eigenvalue weighted by Crippen LogP contribution is -2.18. The van der Waals surface area contributed by atoms with Crippen LogP contribution >= 0.6 is 0 Å². The molecule has 0 amide bonds. The van der Waals surface area contributed by atoms with E-state index in [1.807, 2.05) is 0 Å². The van der Waals surface area contributed by atoms with Gasteiger partial charge in [0.05, 0.1) is 18.5 Å². The van der Waals surface area contributed by atoms with Crippen LogP contribution in [-0.2, 0) is 17.8 Å². The fraction of sp³-hybridized carbons (Fsp3) is 0.231. The third kappa shape index (κ3) is 2.63. The molecule has 0 saturated carbocycles. The number of aliphatic hydroxyl groups is 1. The average Bonchev–Trinajstić information content (AvgIpc) is 2.33. The highest BCUT2D eigenvalue weighted by Crippen LogP contribution is 2.15. The van der Waals surface area contributed by atoms with Crippen LogP contribution in [0.15, 0.2) is 29.1 Å². The summed E-state index contributed by atoms with van der Waals surface area (Å²) in [5.41, 5.74) is 0.268. The van der Waals surface area contributed by atoms with Crippen molar-refractivity contribution in [2.24, 2.45) is 0 Å². The van der Waals surface area contributed by atoms with E-state index < -0.39 is 17.2 Å². The third-order valence-corrected chi connectivity index (χ3v) is 2.82. The Kier molecular flexibility index (Phi) is 3.62. The first-order chi connectivity index (χ1) is 9.02. The van der Waals surface area contributed by atoms with E-state index >= 15 is 0 Å². The molecular weight excluding hydrogens is 253 g/mol. The molecule has 0 aliphatic carbocycles. The predicted octanol–water partition coefficient (Wildman–Crippen LogP) is 0.760. The van der Waals surface area contributed by atoms with Gasteiger partial charge in [-0.25, -0.2) is 4.39 Å². The Morgan fingerprint density at radius 1 is 1.32 bits per heavy atom. The number of carboxylic acid groups (broad SMARTS) is 1. The molecule has 0 spiro atoms. The molecule has 5 nitrogen and oxygen atoms in total. The Balaban J connectivity index is 2.76. The van der Waals surface area contributed by atoms with Crippen molar-refractivity contribution in [3.8, 4) is 0 Å². The van der Waals surface area contributed by atoms with Crippen molar-refractivity contribution in [1.29, 1.82) is 0 Å². The molecule has 0 fully saturated rings. The smallest absolute Gasteiger partial charge is 0.309 e. The van der Waals surface area contributed by atoms with Gasteiger partial charge in [0, 0.05) is 23.7 Å². The highest BCUT2D eigenvalue weighted by molar-refractivity contribution is 5.80. The zero-order valence-corrected chi connectivity index (χ0v) is 9.97. The number of carboxylic acids is 1. The van der Waals surface area contributed by atoms with Crippen LogP contribution in [0.1, 0.15) is 5.69 Å². The van der Waals surface area contributed by atoms with E-state index in [-0.39, 0.29) is 30.7 Å². The zero-order valence-electron chi connectivity index (χ0n) is 9.97. The van der Waals surface area contributed by atoms with E-state index in [4.69, 9.17) is 10.2 Å². The summed E-state index contributed by atoms with van der Waals surface area (Å²) < 4.78 is 14.7. The molecule has 19 heavy (non-hydrogen) atoms. The first-order valence-electron chi connectivity index (χ1n) is 5.67. The van der Waals surface area contributed by atoms with Crippen LogP contribution < -0.4 is 5.43 Å². The number of pyridine rings is 1. The van der Waals surface area contributed by atoms with Gasteiger partial charge in [0.25, 0.3) is 0 Å². The maximum absolute atomic E-state index is 13.2. The molecule has 0 unspecified atom stereocenters. The largest absolute Gasteiger partial charge is 0.481 e. The molecule has 0 aliphatic rings. The summed E-state index contributed by atoms with van der Waals surface area (Å²) >= 11 is 0. The fourth-order valence-corrected chi connectivity index (χ4v) is 2.07. The number of aromatic nitrogens is 1. The molecular formula is C13H12FNO4. The topological polar surface area (TPSA) is 79.5 Å². The molecule has 0 atom stereocenters. The second kappa shape index (κ2) is 5.19. The van der Waals surface area contributed by atoms with Crippen LogP contribution in [0.2, 0.25) is 0 Å². The minimum absolute atomic E-state index is 0.144. The number of fused-ring (bicyclic) bond motifs is 1. The van der Waals surface area contributed by atoms with Gasteiger partial charge < -0.3 is 14.8 Å². The third-order valence-electron chi connectivity index (χ3n) is 2.82. The van der Waals surface area contributed by atoms with E-state index in [0.29, 0.717) is 5.52 Å². The lowest BCUT2D eigenvalue weighted by molar-refractivity contribution is -0.136. The molecule has 2 N–H and O–H groups in total. The molecule has 100 valence electrons. The molecule has 2 aromatic rings. The fourth-order valence-electron chi connectivity index (χ4n) is 2.07. The quantitative estimate of drug-likeness (QED) is 0.855. The summed E-state index contributed by atoms with van der Waals surface area (Å²) in [6, 6.07) is 4.88. The van der Waals surface area contributed by atoms with Crippen LogP contribution in [0.3, 0.4) is 0 Å². The van der Waals surface area contributed by atoms with Gasteiger partial charge in [-0.3, -0.25) is 9.59 Å². The summed E-state index contributed by atoms with van der Waals surface area (Å²) in [5, 5.41) is 18.0. The Hall–Kier alpha value is -2.21. The number of rotatable bonds is 4. The zero-order chi connectivity index (χ0) is 14.0. The van der Waals surface area contributed by atoms with Gasteiger partial charge in [-0.15, -0.1) is 0 Å². The van der Waals surface area contributed by atoms with Crippen molar-refractivity contribution in [3.05, 3.63) is 46.0 Å². The van der Waals surface area contributed by atoms with Crippen LogP contribution in [-0.4, -0.2) is 27.4 Å². The summed E-state index contributed by atoms with van der Waals surface area (Å²) in [6.07, 6.45) is -0.331. The monoisotopic (exact) mass is 265 g/mol. The summed E-state index contributed by atoms with van der Waals surface area (Å²) in [6.45, 7) is -0.0625. The molecule has 1 aromatic carbocycles. The molecule has 0 bridgehead atoms. The first-order valence-corrected chi connectivity index (χ1v) is 5.67. The highest BCUT2D eigenvalue weighted by Gasteiger charge is 2.12. The minimum atomic E-state index is -1.08. The number of nitrogens with zero attached hydrogens (tertiary/aromatic N) is 1. The lowest BCUT2D eigenvalue weighted by atomic mass is 10.1. The summed E-state index contributed by atoms with van der Waals surface area (Å²) in [7, 11) is 0. The summed E-state index contributed by atoms with van der Waals surface area (Å²) in [4.78, 5) is 22.6. The minimum Gasteiger partial charge on any atom is -0.481 e. The van der Waals surface area contributed by atoms with Gasteiger partial charge in [0.15, 0.2) is 5.43 Å². The maximum atomic E-state index is 13.2. The molecule has 0 saturated heterocycles. The molecule has 2 rings (SSSR count). The maximum Gasteiger partial charge on any atom is 0.309 e. The van der Waals surface area contributed by atoms with Gasteiger partial charge >= 0.3 is 5.97 Å². The number of hydrogen-bond donors (Lipinski definition) is 2. The second-order valence-electron chi connectivity index (χ2n) is 4.11. The van der Waals surface area contributed by atoms with Crippen molar-refractivity contribution in [3.63, 3.8) is 0 Å². The van der Waals surface area contributed by atoms with E-state index in [1.165, 1.54) is 22.8 Å². The van der Waals surface area contributed by atoms with Crippen LogP contribution in [0.25, 0.3) is 10.9 Å². The standard InChI is InChI=1S/C13H12FNO4/c14-8-1-2-11-10(5-8)12(17)6-9(7-13(18)19)15(11)3-4-16/h1-2,5-6,16H,3-4,7H2,(H,18,19). The van der Waals surface area contributed by atoms with E-state index in [0.717, 1.165) is 6.07 Å². The van der Waals surface area contributed by atoms with Crippen molar-refractivity contribution in [1.82, 2.24) is 4.57 Å². The molecule has 6 heteroatoms. The van der Waals surface area contributed by atoms with Gasteiger partial charge in [0.2, 0.25) is 0 Å². The lowest BCUT2D eigenvalue weighted by Gasteiger charge is -2.14. The normalized spacial score (nSPS) is 10.8. The van der Waals surface area contributed by atoms with Crippen molar-refractivity contribution < 1.29 is 19.4 Å². The number of aliphatic hydroxyl groups excluding tert-OH is 1. The van der Waals surface area contributed by atoms with Gasteiger partial charge in [-0.05, 0) is 18.2 Å². The van der Waals surface area contributed by atoms with Gasteiger partial charge in [-0.1, -0.05) is 0 Å². The van der Waals surface area contributed by atoms with Crippen LogP contribution in [0.4, 0.5) is 4.39 Å². The molecule has 1 aromatic heterocycles. The second-order valence-corrected chi connectivity index (χ2v) is 4.11. The van der Waals surface area contributed by atoms with E-state index in [9.17, 15) is 14.0 Å². The predicted molar refractivity (Wildman–Crippen MR) is 66.6 cm³/mol. The number of hydrogen-bond acceptors (Lipinski definition) is 3. The SMILES string of the molecule is O=C(O)Cc1cc(=O)c2cc(F)ccc2n1CCO. The summed E-state index contributed by atoms with van der Waals surface area (Å²) in [5.74, 6) is -1.61. The molecule has 1 heterocycles. The Morgan fingerprint density at radius 2 is 2.05 bits per heavy atom. The number of carbonyl (C=O) groups is 1. The van der Waals surface area contributed by atoms with Crippen LogP contribution in [0.5, 0.6) is 0 Å². The highest BCUT2D eigenvalue weighted by atomic mass is 19.1. The van der Waals surface area contributed by atoms with E-state index in [2.05, 4.69) is 0 Å². The Labute approximate surface area is 107 Å². The van der Waals surface area contributed by atoms with Crippen LogP contribution in [0, 0.1) is 5.82 Å². The van der Waals surface area contributed by atoms with E-state index in [1.54, 1.807) is 0 Å².